The van der Waals surface area contributed by atoms with Gasteiger partial charge in [0, 0.05) is 18.4 Å². The van der Waals surface area contributed by atoms with E-state index in [1.807, 2.05) is 13.8 Å². The number of nitrogens with two attached hydrogens (primary N) is 1. The molecule has 1 aromatic carbocycles. The van der Waals surface area contributed by atoms with Gasteiger partial charge in [-0.1, -0.05) is 13.8 Å². The van der Waals surface area contributed by atoms with Crippen LogP contribution in [-0.2, 0) is 12.9 Å². The molecule has 35 heavy (non-hydrogen) atoms. The highest BCUT2D eigenvalue weighted by Gasteiger charge is 2.37. The van der Waals surface area contributed by atoms with Crippen molar-refractivity contribution in [2.75, 3.05) is 22.5 Å². The Balaban J connectivity index is 0.00000167. The smallest absolute Gasteiger partial charge is 0.383 e. The lowest BCUT2D eigenvalue weighted by molar-refractivity contribution is -0.138. The number of alkyl halides is 4. The minimum Gasteiger partial charge on any atom is -0.383 e. The number of hydrogen-bond donors (Lipinski definition) is 2. The van der Waals surface area contributed by atoms with Gasteiger partial charge in [0.2, 0.25) is 0 Å². The van der Waals surface area contributed by atoms with Crippen molar-refractivity contribution in [3.8, 4) is 0 Å². The minimum absolute atomic E-state index is 0.000799. The molecular formula is C23H24F4N6O2. The van der Waals surface area contributed by atoms with Crippen molar-refractivity contribution in [2.24, 2.45) is 0 Å². The second-order valence-electron chi connectivity index (χ2n) is 7.48. The van der Waals surface area contributed by atoms with Crippen molar-refractivity contribution in [3.63, 3.8) is 0 Å². The van der Waals surface area contributed by atoms with Gasteiger partial charge in [-0.15, -0.1) is 0 Å². The van der Waals surface area contributed by atoms with E-state index in [1.165, 1.54) is 34.1 Å². The highest BCUT2D eigenvalue weighted by atomic mass is 19.4. The second-order valence-corrected chi connectivity index (χ2v) is 7.48. The van der Waals surface area contributed by atoms with Crippen LogP contribution in [0.25, 0.3) is 0 Å². The molecule has 0 saturated carbocycles. The standard InChI is InChI=1S/C21H18F4N6O2.C2H6/c1-11-10-30(13-4-5-15(21(23,24)25)12(7-13)8-22)20(33)17-16(9-28-31(11)17)29-19(32)14-3-2-6-27-18(14)26;1-2/h2-7,9,11H,8,10H2,1H3,(H2,26,27)(H,29,32);1-2H3/t11-;/m0./s1. The van der Waals surface area contributed by atoms with Crippen molar-refractivity contribution in [2.45, 2.75) is 39.7 Å². The zero-order chi connectivity index (χ0) is 25.9. The Morgan fingerprint density at radius 1 is 1.26 bits per heavy atom. The predicted octanol–water partition coefficient (Wildman–Crippen LogP) is 4.85. The molecule has 0 fully saturated rings. The maximum Gasteiger partial charge on any atom is 0.416 e. The van der Waals surface area contributed by atoms with Crippen LogP contribution in [0.5, 0.6) is 0 Å². The molecular weight excluding hydrogens is 468 g/mol. The number of carbonyl (C=O) groups excluding carboxylic acids is 2. The molecule has 1 atom stereocenters. The van der Waals surface area contributed by atoms with Gasteiger partial charge < -0.3 is 16.0 Å². The van der Waals surface area contributed by atoms with Gasteiger partial charge in [0.25, 0.3) is 11.8 Å². The summed E-state index contributed by atoms with van der Waals surface area (Å²) in [5.74, 6) is -1.21. The summed E-state index contributed by atoms with van der Waals surface area (Å²) < 4.78 is 54.2. The maximum absolute atomic E-state index is 13.3. The maximum atomic E-state index is 13.3. The zero-order valence-corrected chi connectivity index (χ0v) is 19.2. The third kappa shape index (κ3) is 4.96. The molecule has 0 saturated heterocycles. The number of benzene rings is 1. The average Bonchev–Trinajstić information content (AvgIpc) is 3.26. The summed E-state index contributed by atoms with van der Waals surface area (Å²) in [5, 5.41) is 6.75. The van der Waals surface area contributed by atoms with E-state index in [1.54, 1.807) is 6.92 Å². The van der Waals surface area contributed by atoms with Gasteiger partial charge in [0.15, 0.2) is 5.69 Å². The molecule has 3 N–H and O–H groups in total. The lowest BCUT2D eigenvalue weighted by Gasteiger charge is -2.32. The van der Waals surface area contributed by atoms with Crippen LogP contribution in [0.4, 0.5) is 34.8 Å². The Morgan fingerprint density at radius 2 is 1.97 bits per heavy atom. The number of pyridine rings is 1. The Labute approximate surface area is 198 Å². The van der Waals surface area contributed by atoms with E-state index in [-0.39, 0.29) is 41.0 Å². The van der Waals surface area contributed by atoms with Crippen LogP contribution in [0.15, 0.2) is 42.7 Å². The van der Waals surface area contributed by atoms with Crippen LogP contribution >= 0.6 is 0 Å². The molecule has 186 valence electrons. The number of hydrogen-bond acceptors (Lipinski definition) is 5. The summed E-state index contributed by atoms with van der Waals surface area (Å²) in [6.07, 6.45) is -1.99. The van der Waals surface area contributed by atoms with Crippen molar-refractivity contribution in [1.29, 1.82) is 0 Å². The van der Waals surface area contributed by atoms with Crippen LogP contribution < -0.4 is 16.0 Å². The average molecular weight is 492 g/mol. The van der Waals surface area contributed by atoms with Gasteiger partial charge >= 0.3 is 6.18 Å². The largest absolute Gasteiger partial charge is 0.416 e. The molecule has 2 amide bonds. The van der Waals surface area contributed by atoms with Gasteiger partial charge in [0.1, 0.15) is 12.5 Å². The van der Waals surface area contributed by atoms with Gasteiger partial charge in [-0.25, -0.2) is 9.37 Å². The van der Waals surface area contributed by atoms with Gasteiger partial charge in [-0.3, -0.25) is 14.3 Å². The van der Waals surface area contributed by atoms with Crippen LogP contribution in [0.3, 0.4) is 0 Å². The number of rotatable bonds is 4. The Morgan fingerprint density at radius 3 is 2.60 bits per heavy atom. The van der Waals surface area contributed by atoms with Crippen molar-refractivity contribution in [3.05, 3.63) is 65.1 Å². The number of nitrogen functional groups attached to an aromatic ring is 1. The van der Waals surface area contributed by atoms with Crippen LogP contribution in [-0.4, -0.2) is 33.1 Å². The Kier molecular flexibility index (Phi) is 7.42. The van der Waals surface area contributed by atoms with Crippen molar-refractivity contribution < 1.29 is 27.2 Å². The van der Waals surface area contributed by atoms with Crippen LogP contribution in [0.1, 0.15) is 58.8 Å². The van der Waals surface area contributed by atoms with Crippen molar-refractivity contribution in [1.82, 2.24) is 14.8 Å². The fourth-order valence-electron chi connectivity index (χ4n) is 3.71. The monoisotopic (exact) mass is 492 g/mol. The van der Waals surface area contributed by atoms with Gasteiger partial charge in [0.05, 0.1) is 29.1 Å². The first-order valence-electron chi connectivity index (χ1n) is 10.8. The molecule has 0 unspecified atom stereocenters. The molecule has 0 spiro atoms. The molecule has 0 radical (unpaired) electrons. The first-order chi connectivity index (χ1) is 16.6. The van der Waals surface area contributed by atoms with Gasteiger partial charge in [-0.05, 0) is 42.8 Å². The van der Waals surface area contributed by atoms with Crippen LogP contribution in [0.2, 0.25) is 0 Å². The number of carbonyl (C=O) groups is 2. The van der Waals surface area contributed by atoms with E-state index in [2.05, 4.69) is 15.4 Å². The highest BCUT2D eigenvalue weighted by molar-refractivity contribution is 6.14. The summed E-state index contributed by atoms with van der Waals surface area (Å²) in [5.41, 5.74) is 4.40. The summed E-state index contributed by atoms with van der Waals surface area (Å²) in [4.78, 5) is 31.0. The molecule has 1 aliphatic rings. The van der Waals surface area contributed by atoms with E-state index in [0.717, 1.165) is 18.2 Å². The zero-order valence-electron chi connectivity index (χ0n) is 19.2. The molecule has 0 aliphatic carbocycles. The SMILES string of the molecule is CC.C[C@H]1CN(c2ccc(C(F)(F)F)c(CF)c2)C(=O)c2c(NC(=O)c3cccnc3N)cnn21. The molecule has 1 aliphatic heterocycles. The molecule has 2 aromatic heterocycles. The Hall–Kier alpha value is -3.96. The first-order valence-corrected chi connectivity index (χ1v) is 10.8. The number of aromatic nitrogens is 3. The molecule has 12 heteroatoms. The number of halogens is 4. The fraction of sp³-hybridized carbons (Fsp3) is 0.304. The van der Waals surface area contributed by atoms with Crippen LogP contribution in [0, 0.1) is 0 Å². The predicted molar refractivity (Wildman–Crippen MR) is 123 cm³/mol. The van der Waals surface area contributed by atoms with E-state index >= 15 is 0 Å². The number of amides is 2. The van der Waals surface area contributed by atoms with E-state index in [4.69, 9.17) is 5.73 Å². The number of fused-ring (bicyclic) bond motifs is 1. The third-order valence-corrected chi connectivity index (χ3v) is 5.29. The molecule has 4 rings (SSSR count). The van der Waals surface area contributed by atoms with E-state index in [9.17, 15) is 27.2 Å². The molecule has 0 bridgehead atoms. The number of nitrogens with one attached hydrogen (secondary N) is 1. The lowest BCUT2D eigenvalue weighted by Crippen LogP contribution is -2.43. The second kappa shape index (κ2) is 10.1. The summed E-state index contributed by atoms with van der Waals surface area (Å²) in [6.45, 7) is 4.50. The number of nitrogens with zero attached hydrogens (tertiary/aromatic N) is 4. The summed E-state index contributed by atoms with van der Waals surface area (Å²) >= 11 is 0. The normalized spacial score (nSPS) is 15.2. The fourth-order valence-corrected chi connectivity index (χ4v) is 3.71. The number of anilines is 3. The quantitative estimate of drug-likeness (QED) is 0.507. The minimum atomic E-state index is -4.72. The molecule has 3 aromatic rings. The summed E-state index contributed by atoms with van der Waals surface area (Å²) in [6, 6.07) is 5.50. The molecule has 3 heterocycles. The topological polar surface area (TPSA) is 106 Å². The van der Waals surface area contributed by atoms with E-state index < -0.39 is 35.8 Å². The summed E-state index contributed by atoms with van der Waals surface area (Å²) in [7, 11) is 0. The molecule has 8 nitrogen and oxygen atoms in total. The Bertz CT molecular complexity index is 1240. The third-order valence-electron chi connectivity index (χ3n) is 5.29. The van der Waals surface area contributed by atoms with Gasteiger partial charge in [-0.2, -0.15) is 18.3 Å². The lowest BCUT2D eigenvalue weighted by atomic mass is 10.0. The highest BCUT2D eigenvalue weighted by Crippen LogP contribution is 2.36. The van der Waals surface area contributed by atoms with Crippen molar-refractivity contribution >= 4 is 29.0 Å². The van der Waals surface area contributed by atoms with E-state index in [0.29, 0.717) is 0 Å². The first kappa shape index (κ1) is 25.7.